The van der Waals surface area contributed by atoms with Crippen molar-refractivity contribution in [3.63, 3.8) is 0 Å². The van der Waals surface area contributed by atoms with Gasteiger partial charge in [-0.15, -0.1) is 0 Å². The molecular formula is C26H28BrNO4S. The molecule has 0 aliphatic rings. The average molecular weight is 530 g/mol. The summed E-state index contributed by atoms with van der Waals surface area (Å²) in [5, 5.41) is 0. The molecule has 0 aliphatic heterocycles. The number of aryl methyl sites for hydroxylation is 2. The zero-order valence-corrected chi connectivity index (χ0v) is 21.2. The maximum Gasteiger partial charge on any atom is 0.305 e. The highest BCUT2D eigenvalue weighted by atomic mass is 79.9. The molecule has 5 nitrogen and oxygen atoms in total. The Labute approximate surface area is 204 Å². The fraction of sp³-hybridized carbons (Fsp3) is 0.269. The lowest BCUT2D eigenvalue weighted by molar-refractivity contribution is -0.140. The molecule has 1 atom stereocenters. The van der Waals surface area contributed by atoms with Gasteiger partial charge in [0.2, 0.25) is 10.0 Å². The second-order valence-electron chi connectivity index (χ2n) is 7.99. The monoisotopic (exact) mass is 529 g/mol. The van der Waals surface area contributed by atoms with Crippen LogP contribution in [-0.4, -0.2) is 21.5 Å². The summed E-state index contributed by atoms with van der Waals surface area (Å²) in [5.74, 6) is -0.216. The molecule has 1 N–H and O–H groups in total. The highest BCUT2D eigenvalue weighted by Crippen LogP contribution is 2.24. The van der Waals surface area contributed by atoms with E-state index in [1.54, 1.807) is 24.3 Å². The first kappa shape index (κ1) is 25.1. The average Bonchev–Trinajstić information content (AvgIpc) is 2.80. The van der Waals surface area contributed by atoms with Gasteiger partial charge in [-0.05, 0) is 67.1 Å². The lowest BCUT2D eigenvalue weighted by atomic mass is 9.97. The van der Waals surface area contributed by atoms with E-state index in [0.717, 1.165) is 33.1 Å². The van der Waals surface area contributed by atoms with Crippen molar-refractivity contribution < 1.29 is 17.9 Å². The van der Waals surface area contributed by atoms with Crippen molar-refractivity contribution in [1.82, 2.24) is 4.72 Å². The summed E-state index contributed by atoms with van der Waals surface area (Å²) >= 11 is 3.35. The predicted molar refractivity (Wildman–Crippen MR) is 133 cm³/mol. The smallest absolute Gasteiger partial charge is 0.305 e. The third-order valence-corrected chi connectivity index (χ3v) is 7.45. The Hall–Kier alpha value is -2.48. The summed E-state index contributed by atoms with van der Waals surface area (Å²) in [6, 6.07) is 22.2. The molecule has 3 rings (SSSR count). The van der Waals surface area contributed by atoms with Gasteiger partial charge in [-0.2, -0.15) is 0 Å². The largest absolute Gasteiger partial charge is 0.469 e. The Bertz CT molecular complexity index is 1160. The van der Waals surface area contributed by atoms with Gasteiger partial charge in [0.15, 0.2) is 0 Å². The lowest BCUT2D eigenvalue weighted by Crippen LogP contribution is -2.30. The molecule has 0 fully saturated rings. The number of halogens is 1. The third-order valence-electron chi connectivity index (χ3n) is 5.44. The molecule has 0 saturated carbocycles. The molecule has 0 amide bonds. The van der Waals surface area contributed by atoms with E-state index in [1.807, 2.05) is 55.5 Å². The zero-order valence-electron chi connectivity index (χ0n) is 18.8. The molecule has 174 valence electrons. The molecule has 0 bridgehead atoms. The Morgan fingerprint density at radius 1 is 0.939 bits per heavy atom. The highest BCUT2D eigenvalue weighted by Gasteiger charge is 2.22. The van der Waals surface area contributed by atoms with Crippen molar-refractivity contribution in [3.05, 3.63) is 99.5 Å². The molecule has 0 aliphatic carbocycles. The van der Waals surface area contributed by atoms with Gasteiger partial charge in [0.1, 0.15) is 0 Å². The lowest BCUT2D eigenvalue weighted by Gasteiger charge is -2.20. The minimum atomic E-state index is -3.71. The van der Waals surface area contributed by atoms with Gasteiger partial charge >= 0.3 is 5.97 Å². The fourth-order valence-corrected chi connectivity index (χ4v) is 5.00. The molecule has 0 aromatic heterocycles. The van der Waals surface area contributed by atoms with Crippen LogP contribution in [0.25, 0.3) is 0 Å². The van der Waals surface area contributed by atoms with E-state index < -0.39 is 16.1 Å². The van der Waals surface area contributed by atoms with Gasteiger partial charge in [-0.25, -0.2) is 13.1 Å². The Balaban J connectivity index is 1.81. The van der Waals surface area contributed by atoms with Crippen molar-refractivity contribution in [2.45, 2.75) is 43.5 Å². The summed E-state index contributed by atoms with van der Waals surface area (Å²) in [7, 11) is -2.32. The number of benzene rings is 3. The number of carbonyl (C=O) groups excluding carboxylic acids is 1. The number of sulfonamides is 1. The first-order valence-electron chi connectivity index (χ1n) is 10.8. The van der Waals surface area contributed by atoms with Crippen LogP contribution < -0.4 is 4.72 Å². The van der Waals surface area contributed by atoms with E-state index in [1.165, 1.54) is 7.11 Å². The summed E-state index contributed by atoms with van der Waals surface area (Å²) in [5.41, 5.74) is 4.17. The van der Waals surface area contributed by atoms with Crippen LogP contribution in [-0.2, 0) is 32.4 Å². The second kappa shape index (κ2) is 11.6. The minimum absolute atomic E-state index is 0.216. The first-order valence-corrected chi connectivity index (χ1v) is 13.0. The number of hydrogen-bond acceptors (Lipinski definition) is 4. The van der Waals surface area contributed by atoms with E-state index in [9.17, 15) is 13.2 Å². The number of ether oxygens (including phenoxy) is 1. The fourth-order valence-electron chi connectivity index (χ4n) is 3.51. The quantitative estimate of drug-likeness (QED) is 0.351. The molecule has 7 heteroatoms. The van der Waals surface area contributed by atoms with Crippen LogP contribution in [0.1, 0.15) is 41.1 Å². The van der Waals surface area contributed by atoms with Gasteiger partial charge in [0, 0.05) is 10.9 Å². The number of hydrogen-bond donors (Lipinski definition) is 1. The van der Waals surface area contributed by atoms with Crippen molar-refractivity contribution in [2.75, 3.05) is 7.11 Å². The number of rotatable bonds is 10. The minimum Gasteiger partial charge on any atom is -0.469 e. The molecule has 3 aromatic carbocycles. The van der Waals surface area contributed by atoms with Gasteiger partial charge in [-0.3, -0.25) is 4.79 Å². The van der Waals surface area contributed by atoms with Gasteiger partial charge < -0.3 is 4.74 Å². The van der Waals surface area contributed by atoms with E-state index >= 15 is 0 Å². The van der Waals surface area contributed by atoms with E-state index in [4.69, 9.17) is 0 Å². The van der Waals surface area contributed by atoms with Crippen LogP contribution >= 0.6 is 15.9 Å². The highest BCUT2D eigenvalue weighted by molar-refractivity contribution is 9.10. The van der Waals surface area contributed by atoms with Crippen molar-refractivity contribution in [2.24, 2.45) is 0 Å². The standard InChI is InChI=1S/C26H28BrNO4S/c1-19-6-8-21(9-7-19)18-25(28-33(30,31)24-16-14-23(27)15-17-24)22-12-10-20(11-13-22)4-3-5-26(29)32-2/h6-17,25,28H,3-5,18H2,1-2H3. The van der Waals surface area contributed by atoms with Crippen molar-refractivity contribution >= 4 is 31.9 Å². The molecule has 0 radical (unpaired) electrons. The van der Waals surface area contributed by atoms with Crippen LogP contribution in [0.15, 0.2) is 82.2 Å². The SMILES string of the molecule is COC(=O)CCCc1ccc(C(Cc2ccc(C)cc2)NS(=O)(=O)c2ccc(Br)cc2)cc1. The number of nitrogens with one attached hydrogen (secondary N) is 1. The van der Waals surface area contributed by atoms with E-state index in [2.05, 4.69) is 25.4 Å². The van der Waals surface area contributed by atoms with Crippen LogP contribution in [0.4, 0.5) is 0 Å². The normalized spacial score (nSPS) is 12.3. The summed E-state index contributed by atoms with van der Waals surface area (Å²) in [4.78, 5) is 11.5. The van der Waals surface area contributed by atoms with Crippen LogP contribution in [0.5, 0.6) is 0 Å². The van der Waals surface area contributed by atoms with E-state index in [-0.39, 0.29) is 10.9 Å². The number of esters is 1. The number of methoxy groups -OCH3 is 1. The summed E-state index contributed by atoms with van der Waals surface area (Å²) in [6.45, 7) is 2.02. The Morgan fingerprint density at radius 3 is 2.15 bits per heavy atom. The molecule has 1 unspecified atom stereocenters. The first-order chi connectivity index (χ1) is 15.8. The van der Waals surface area contributed by atoms with Gasteiger partial charge in [0.05, 0.1) is 18.0 Å². The van der Waals surface area contributed by atoms with Crippen molar-refractivity contribution in [3.8, 4) is 0 Å². The maximum absolute atomic E-state index is 13.1. The summed E-state index contributed by atoms with van der Waals surface area (Å²) < 4.78 is 34.6. The van der Waals surface area contributed by atoms with Crippen molar-refractivity contribution in [1.29, 1.82) is 0 Å². The summed E-state index contributed by atoms with van der Waals surface area (Å²) in [6.07, 6.45) is 2.36. The second-order valence-corrected chi connectivity index (χ2v) is 10.6. The van der Waals surface area contributed by atoms with Crippen LogP contribution in [0, 0.1) is 6.92 Å². The third kappa shape index (κ3) is 7.52. The van der Waals surface area contributed by atoms with Crippen LogP contribution in [0.3, 0.4) is 0 Å². The topological polar surface area (TPSA) is 72.5 Å². The molecule has 3 aromatic rings. The van der Waals surface area contributed by atoms with E-state index in [0.29, 0.717) is 19.3 Å². The Kier molecular flexibility index (Phi) is 8.83. The number of carbonyl (C=O) groups is 1. The van der Waals surface area contributed by atoms with Crippen LogP contribution in [0.2, 0.25) is 0 Å². The molecule has 0 heterocycles. The zero-order chi connectivity index (χ0) is 23.8. The Morgan fingerprint density at radius 2 is 1.55 bits per heavy atom. The van der Waals surface area contributed by atoms with Gasteiger partial charge in [-0.1, -0.05) is 70.0 Å². The molecule has 0 spiro atoms. The molecule has 33 heavy (non-hydrogen) atoms. The molecular weight excluding hydrogens is 502 g/mol. The predicted octanol–water partition coefficient (Wildman–Crippen LogP) is 5.52. The molecule has 0 saturated heterocycles. The van der Waals surface area contributed by atoms with Gasteiger partial charge in [0.25, 0.3) is 0 Å². The maximum atomic E-state index is 13.1.